The minimum Gasteiger partial charge on any atom is -0.493 e. The minimum absolute atomic E-state index is 0.0771. The van der Waals surface area contributed by atoms with Gasteiger partial charge in [-0.1, -0.05) is 18.2 Å². The number of para-hydroxylation sites is 1. The molecule has 0 aliphatic carbocycles. The van der Waals surface area contributed by atoms with Gasteiger partial charge in [-0.15, -0.1) is 0 Å². The number of hydrogen-bond donors (Lipinski definition) is 1. The molecule has 0 saturated heterocycles. The van der Waals surface area contributed by atoms with Gasteiger partial charge < -0.3 is 19.4 Å². The molecule has 0 fully saturated rings. The summed E-state index contributed by atoms with van der Waals surface area (Å²) in [7, 11) is 1.67. The van der Waals surface area contributed by atoms with E-state index >= 15 is 0 Å². The largest absolute Gasteiger partial charge is 0.493 e. The van der Waals surface area contributed by atoms with Crippen LogP contribution in [0.4, 0.5) is 5.95 Å². The van der Waals surface area contributed by atoms with E-state index in [-0.39, 0.29) is 6.10 Å². The van der Waals surface area contributed by atoms with Gasteiger partial charge in [-0.25, -0.2) is 4.98 Å². The number of fused-ring (bicyclic) bond motifs is 1. The number of hydrogen-bond acceptors (Lipinski definition) is 4. The van der Waals surface area contributed by atoms with Crippen LogP contribution in [0.5, 0.6) is 11.5 Å². The van der Waals surface area contributed by atoms with E-state index < -0.39 is 0 Å². The van der Waals surface area contributed by atoms with Crippen molar-refractivity contribution in [2.45, 2.75) is 46.9 Å². The first-order valence-electron chi connectivity index (χ1n) is 9.06. The van der Waals surface area contributed by atoms with E-state index in [1.807, 2.05) is 26.0 Å². The van der Waals surface area contributed by atoms with E-state index in [2.05, 4.69) is 48.0 Å². The van der Waals surface area contributed by atoms with Crippen LogP contribution in [-0.4, -0.2) is 22.8 Å². The van der Waals surface area contributed by atoms with Crippen LogP contribution in [0, 0.1) is 6.92 Å². The topological polar surface area (TPSA) is 48.3 Å². The highest BCUT2D eigenvalue weighted by molar-refractivity contribution is 5.79. The summed E-state index contributed by atoms with van der Waals surface area (Å²) in [6.45, 7) is 9.72. The van der Waals surface area contributed by atoms with Crippen molar-refractivity contribution >= 4 is 17.0 Å². The van der Waals surface area contributed by atoms with Crippen molar-refractivity contribution in [2.24, 2.45) is 0 Å². The van der Waals surface area contributed by atoms with Crippen molar-refractivity contribution in [2.75, 3.05) is 12.4 Å². The predicted molar refractivity (Wildman–Crippen MR) is 106 cm³/mol. The van der Waals surface area contributed by atoms with Crippen LogP contribution in [0.15, 0.2) is 36.4 Å². The highest BCUT2D eigenvalue weighted by atomic mass is 16.5. The van der Waals surface area contributed by atoms with Gasteiger partial charge in [-0.2, -0.15) is 0 Å². The molecule has 3 aromatic rings. The van der Waals surface area contributed by atoms with Crippen molar-refractivity contribution < 1.29 is 9.47 Å². The molecule has 0 spiro atoms. The smallest absolute Gasteiger partial charge is 0.204 e. The SMILES string of the molecule is CCn1c(NCc2cccc(OC)c2OC(C)C)nc2cc(C)ccc21. The third kappa shape index (κ3) is 3.62. The third-order valence-corrected chi connectivity index (χ3v) is 4.29. The van der Waals surface area contributed by atoms with Crippen molar-refractivity contribution in [3.8, 4) is 11.5 Å². The molecule has 0 aliphatic heterocycles. The maximum atomic E-state index is 5.99. The molecular formula is C21H27N3O2. The van der Waals surface area contributed by atoms with Crippen LogP contribution in [-0.2, 0) is 13.1 Å². The molecule has 5 heteroatoms. The maximum Gasteiger partial charge on any atom is 0.204 e. The quantitative estimate of drug-likeness (QED) is 0.664. The Bertz CT molecular complexity index is 900. The Morgan fingerprint density at radius 2 is 2.00 bits per heavy atom. The van der Waals surface area contributed by atoms with E-state index in [9.17, 15) is 0 Å². The number of nitrogens with zero attached hydrogens (tertiary/aromatic N) is 2. The number of imidazole rings is 1. The van der Waals surface area contributed by atoms with Crippen LogP contribution in [0.3, 0.4) is 0 Å². The van der Waals surface area contributed by atoms with E-state index in [4.69, 9.17) is 14.5 Å². The fourth-order valence-electron chi connectivity index (χ4n) is 3.10. The summed E-state index contributed by atoms with van der Waals surface area (Å²) in [5.41, 5.74) is 4.41. The summed E-state index contributed by atoms with van der Waals surface area (Å²) in [5, 5.41) is 3.47. The fourth-order valence-corrected chi connectivity index (χ4v) is 3.10. The molecule has 1 aromatic heterocycles. The van der Waals surface area contributed by atoms with Crippen molar-refractivity contribution in [1.29, 1.82) is 0 Å². The second kappa shape index (κ2) is 7.68. The Balaban J connectivity index is 1.91. The molecule has 138 valence electrons. The molecule has 1 heterocycles. The first-order valence-corrected chi connectivity index (χ1v) is 9.06. The van der Waals surface area contributed by atoms with Gasteiger partial charge in [0.05, 0.1) is 24.2 Å². The highest BCUT2D eigenvalue weighted by Gasteiger charge is 2.14. The van der Waals surface area contributed by atoms with Gasteiger partial charge in [-0.3, -0.25) is 0 Å². The number of nitrogens with one attached hydrogen (secondary N) is 1. The Kier molecular flexibility index (Phi) is 5.35. The van der Waals surface area contributed by atoms with Gasteiger partial charge >= 0.3 is 0 Å². The van der Waals surface area contributed by atoms with E-state index in [1.54, 1.807) is 7.11 Å². The Morgan fingerprint density at radius 3 is 2.69 bits per heavy atom. The number of anilines is 1. The highest BCUT2D eigenvalue weighted by Crippen LogP contribution is 2.32. The van der Waals surface area contributed by atoms with Crippen molar-refractivity contribution in [3.63, 3.8) is 0 Å². The number of ether oxygens (including phenoxy) is 2. The Labute approximate surface area is 155 Å². The third-order valence-electron chi connectivity index (χ3n) is 4.29. The van der Waals surface area contributed by atoms with Crippen LogP contribution in [0.1, 0.15) is 31.9 Å². The first-order chi connectivity index (χ1) is 12.5. The van der Waals surface area contributed by atoms with E-state index in [1.165, 1.54) is 5.56 Å². The standard InChI is InChI=1S/C21H27N3O2/c1-6-24-18-11-10-15(4)12-17(18)23-21(24)22-13-16-8-7-9-19(25-5)20(16)26-14(2)3/h7-12,14H,6,13H2,1-5H3,(H,22,23). The van der Waals surface area contributed by atoms with Crippen molar-refractivity contribution in [1.82, 2.24) is 9.55 Å². The van der Waals surface area contributed by atoms with Gasteiger partial charge in [0, 0.05) is 18.7 Å². The lowest BCUT2D eigenvalue weighted by molar-refractivity contribution is 0.228. The number of aromatic nitrogens is 2. The Morgan fingerprint density at radius 1 is 1.19 bits per heavy atom. The molecule has 1 N–H and O–H groups in total. The van der Waals surface area contributed by atoms with Crippen LogP contribution in [0.2, 0.25) is 0 Å². The second-order valence-electron chi connectivity index (χ2n) is 6.64. The van der Waals surface area contributed by atoms with Gasteiger partial charge in [0.15, 0.2) is 11.5 Å². The molecule has 3 rings (SSSR count). The molecule has 0 unspecified atom stereocenters. The summed E-state index contributed by atoms with van der Waals surface area (Å²) < 4.78 is 13.7. The summed E-state index contributed by atoms with van der Waals surface area (Å²) in [6, 6.07) is 12.3. The number of rotatable bonds is 7. The summed E-state index contributed by atoms with van der Waals surface area (Å²) in [6.07, 6.45) is 0.0771. The number of methoxy groups -OCH3 is 1. The maximum absolute atomic E-state index is 5.99. The van der Waals surface area contributed by atoms with Crippen LogP contribution in [0.25, 0.3) is 11.0 Å². The molecule has 0 atom stereocenters. The summed E-state index contributed by atoms with van der Waals surface area (Å²) >= 11 is 0. The molecule has 0 radical (unpaired) electrons. The Hall–Kier alpha value is -2.69. The minimum atomic E-state index is 0.0771. The zero-order valence-electron chi connectivity index (χ0n) is 16.2. The average molecular weight is 353 g/mol. The molecular weight excluding hydrogens is 326 g/mol. The monoisotopic (exact) mass is 353 g/mol. The second-order valence-corrected chi connectivity index (χ2v) is 6.64. The fraction of sp³-hybridized carbons (Fsp3) is 0.381. The predicted octanol–water partition coefficient (Wildman–Crippen LogP) is 4.77. The molecule has 0 bridgehead atoms. The zero-order valence-corrected chi connectivity index (χ0v) is 16.2. The first kappa shape index (κ1) is 18.1. The molecule has 2 aromatic carbocycles. The van der Waals surface area contributed by atoms with Gasteiger partial charge in [0.2, 0.25) is 5.95 Å². The average Bonchev–Trinajstić information content (AvgIpc) is 2.96. The number of benzene rings is 2. The lowest BCUT2D eigenvalue weighted by atomic mass is 10.2. The summed E-state index contributed by atoms with van der Waals surface area (Å²) in [4.78, 5) is 4.77. The van der Waals surface area contributed by atoms with Crippen LogP contribution >= 0.6 is 0 Å². The lowest BCUT2D eigenvalue weighted by Gasteiger charge is -2.18. The lowest BCUT2D eigenvalue weighted by Crippen LogP contribution is -2.12. The molecule has 26 heavy (non-hydrogen) atoms. The van der Waals surface area contributed by atoms with Gasteiger partial charge in [0.25, 0.3) is 0 Å². The molecule has 0 aliphatic rings. The normalized spacial score (nSPS) is 11.2. The van der Waals surface area contributed by atoms with Crippen LogP contribution < -0.4 is 14.8 Å². The zero-order chi connectivity index (χ0) is 18.7. The summed E-state index contributed by atoms with van der Waals surface area (Å²) in [5.74, 6) is 2.40. The van der Waals surface area contributed by atoms with Gasteiger partial charge in [0.1, 0.15) is 0 Å². The van der Waals surface area contributed by atoms with E-state index in [0.717, 1.165) is 40.6 Å². The van der Waals surface area contributed by atoms with Gasteiger partial charge in [-0.05, 0) is 51.5 Å². The van der Waals surface area contributed by atoms with Crippen molar-refractivity contribution in [3.05, 3.63) is 47.5 Å². The molecule has 5 nitrogen and oxygen atoms in total. The molecule has 0 amide bonds. The number of aryl methyl sites for hydroxylation is 2. The molecule has 0 saturated carbocycles. The van der Waals surface area contributed by atoms with E-state index in [0.29, 0.717) is 6.54 Å².